The zero-order valence-electron chi connectivity index (χ0n) is 18.8. The molecule has 0 radical (unpaired) electrons. The molecule has 0 unspecified atom stereocenters. The normalized spacial score (nSPS) is 17.3. The zero-order valence-corrected chi connectivity index (χ0v) is 19.7. The van der Waals surface area contributed by atoms with Gasteiger partial charge < -0.3 is 10.1 Å². The van der Waals surface area contributed by atoms with Gasteiger partial charge in [-0.25, -0.2) is 13.2 Å². The second kappa shape index (κ2) is 11.2. The molecule has 0 aromatic heterocycles. The van der Waals surface area contributed by atoms with Crippen LogP contribution in [0.15, 0.2) is 35.2 Å². The Bertz CT molecular complexity index is 972. The molecule has 0 spiro atoms. The first-order chi connectivity index (χ1) is 15.1. The first-order valence-electron chi connectivity index (χ1n) is 10.8. The zero-order chi connectivity index (χ0) is 23.8. The van der Waals surface area contributed by atoms with Gasteiger partial charge in [-0.3, -0.25) is 4.79 Å². The van der Waals surface area contributed by atoms with E-state index in [1.807, 2.05) is 19.9 Å². The van der Waals surface area contributed by atoms with Crippen molar-refractivity contribution in [1.82, 2.24) is 9.62 Å². The van der Waals surface area contributed by atoms with Crippen molar-refractivity contribution in [3.05, 3.63) is 35.9 Å². The number of benzene rings is 1. The van der Waals surface area contributed by atoms with E-state index in [-0.39, 0.29) is 10.8 Å². The highest BCUT2D eigenvalue weighted by Crippen LogP contribution is 2.21. The largest absolute Gasteiger partial charge is 0.452 e. The third kappa shape index (κ3) is 6.90. The molecule has 174 valence electrons. The number of amides is 1. The van der Waals surface area contributed by atoms with Crippen molar-refractivity contribution in [2.45, 2.75) is 56.9 Å². The summed E-state index contributed by atoms with van der Waals surface area (Å²) in [5.74, 6) is -1.39. The standard InChI is InChI=1S/C23H31N3O5S/c1-18(2)23(3,17-24)25-21(27)16-31-22(28)13-10-19-8-11-20(12-9-19)32(29,30)26-14-6-4-5-7-15-26/h8-13,18H,4-7,14-16H2,1-3H3,(H,25,27)/b13-10+/t23-/m1/s1. The number of carbonyl (C=O) groups excluding carboxylic acids is 2. The minimum Gasteiger partial charge on any atom is -0.452 e. The van der Waals surface area contributed by atoms with E-state index >= 15 is 0 Å². The van der Waals surface area contributed by atoms with Gasteiger partial charge in [0.2, 0.25) is 10.0 Å². The summed E-state index contributed by atoms with van der Waals surface area (Å²) in [6.07, 6.45) is 6.47. The third-order valence-electron chi connectivity index (χ3n) is 5.63. The number of nitrogens with one attached hydrogen (secondary N) is 1. The molecule has 1 aliphatic rings. The van der Waals surface area contributed by atoms with E-state index in [1.165, 1.54) is 22.5 Å². The van der Waals surface area contributed by atoms with E-state index in [0.717, 1.165) is 31.8 Å². The second-order valence-electron chi connectivity index (χ2n) is 8.35. The second-order valence-corrected chi connectivity index (χ2v) is 10.3. The van der Waals surface area contributed by atoms with Crippen LogP contribution in [0, 0.1) is 17.2 Å². The van der Waals surface area contributed by atoms with E-state index < -0.39 is 34.0 Å². The monoisotopic (exact) mass is 461 g/mol. The molecule has 1 amide bonds. The van der Waals surface area contributed by atoms with Crippen LogP contribution in [0.2, 0.25) is 0 Å². The Labute approximate surface area is 190 Å². The summed E-state index contributed by atoms with van der Waals surface area (Å²) in [5.41, 5.74) is -0.424. The summed E-state index contributed by atoms with van der Waals surface area (Å²) in [6.45, 7) is 5.79. The van der Waals surface area contributed by atoms with E-state index in [9.17, 15) is 23.3 Å². The van der Waals surface area contributed by atoms with E-state index in [2.05, 4.69) is 5.32 Å². The highest BCUT2D eigenvalue weighted by Gasteiger charge is 2.30. The van der Waals surface area contributed by atoms with Crippen molar-refractivity contribution in [3.63, 3.8) is 0 Å². The molecule has 0 aliphatic carbocycles. The molecule has 1 heterocycles. The average Bonchev–Trinajstić information content (AvgIpc) is 3.06. The van der Waals surface area contributed by atoms with Gasteiger partial charge in [0.25, 0.3) is 5.91 Å². The Balaban J connectivity index is 1.91. The van der Waals surface area contributed by atoms with Crippen molar-refractivity contribution < 1.29 is 22.7 Å². The lowest BCUT2D eigenvalue weighted by molar-refractivity contribution is -0.144. The van der Waals surface area contributed by atoms with Crippen LogP contribution in [0.3, 0.4) is 0 Å². The number of carbonyl (C=O) groups is 2. The molecule has 0 bridgehead atoms. The van der Waals surface area contributed by atoms with Gasteiger partial charge in [0.05, 0.1) is 11.0 Å². The van der Waals surface area contributed by atoms with Crippen LogP contribution >= 0.6 is 0 Å². The lowest BCUT2D eigenvalue weighted by Gasteiger charge is -2.27. The predicted molar refractivity (Wildman–Crippen MR) is 121 cm³/mol. The Morgan fingerprint density at radius 1 is 1.19 bits per heavy atom. The highest BCUT2D eigenvalue weighted by molar-refractivity contribution is 7.89. The maximum absolute atomic E-state index is 12.8. The molecule has 1 aliphatic heterocycles. The third-order valence-corrected chi connectivity index (χ3v) is 7.54. The topological polar surface area (TPSA) is 117 Å². The first kappa shape index (κ1) is 25.6. The van der Waals surface area contributed by atoms with Crippen LogP contribution in [-0.2, 0) is 24.3 Å². The Hall–Kier alpha value is -2.70. The number of esters is 1. The number of hydrogen-bond acceptors (Lipinski definition) is 6. The van der Waals surface area contributed by atoms with Crippen LogP contribution in [0.5, 0.6) is 0 Å². The van der Waals surface area contributed by atoms with Gasteiger partial charge >= 0.3 is 5.97 Å². The molecule has 32 heavy (non-hydrogen) atoms. The van der Waals surface area contributed by atoms with Crippen LogP contribution in [-0.4, -0.2) is 49.8 Å². The molecular weight excluding hydrogens is 430 g/mol. The summed E-state index contributed by atoms with van der Waals surface area (Å²) in [5, 5.41) is 11.8. The van der Waals surface area contributed by atoms with Gasteiger partial charge in [-0.05, 0) is 49.5 Å². The van der Waals surface area contributed by atoms with Gasteiger partial charge in [-0.1, -0.05) is 38.8 Å². The first-order valence-corrected chi connectivity index (χ1v) is 12.2. The van der Waals surface area contributed by atoms with Crippen LogP contribution < -0.4 is 5.32 Å². The number of nitrogens with zero attached hydrogens (tertiary/aromatic N) is 2. The molecule has 8 nitrogen and oxygen atoms in total. The molecule has 1 saturated heterocycles. The SMILES string of the molecule is CC(C)[C@@](C)(C#N)NC(=O)COC(=O)/C=C/c1ccc(S(=O)(=O)N2CCCCCC2)cc1. The minimum atomic E-state index is -3.52. The Morgan fingerprint density at radius 2 is 1.78 bits per heavy atom. The number of nitriles is 1. The molecule has 1 aromatic carbocycles. The number of ether oxygens (including phenoxy) is 1. The maximum Gasteiger partial charge on any atom is 0.331 e. The van der Waals surface area contributed by atoms with Gasteiger partial charge in [0.1, 0.15) is 5.54 Å². The molecule has 2 rings (SSSR count). The molecule has 9 heteroatoms. The summed E-state index contributed by atoms with van der Waals surface area (Å²) in [7, 11) is -3.52. The molecule has 0 saturated carbocycles. The van der Waals surface area contributed by atoms with Crippen LogP contribution in [0.1, 0.15) is 52.0 Å². The summed E-state index contributed by atoms with van der Waals surface area (Å²) < 4.78 is 32.1. The van der Waals surface area contributed by atoms with Crippen LogP contribution in [0.25, 0.3) is 6.08 Å². The van der Waals surface area contributed by atoms with Gasteiger partial charge in [-0.2, -0.15) is 9.57 Å². The predicted octanol–water partition coefficient (Wildman–Crippen LogP) is 2.86. The molecule has 1 aromatic rings. The quantitative estimate of drug-likeness (QED) is 0.470. The lowest BCUT2D eigenvalue weighted by Crippen LogP contribution is -2.50. The molecular formula is C23H31N3O5S. The van der Waals surface area contributed by atoms with Gasteiger partial charge in [0.15, 0.2) is 6.61 Å². The Morgan fingerprint density at radius 3 is 2.31 bits per heavy atom. The van der Waals surface area contributed by atoms with Crippen molar-refractivity contribution in [2.75, 3.05) is 19.7 Å². The number of sulfonamides is 1. The Kier molecular flexibility index (Phi) is 8.99. The average molecular weight is 462 g/mol. The van der Waals surface area contributed by atoms with E-state index in [4.69, 9.17) is 4.74 Å². The molecule has 1 fully saturated rings. The summed E-state index contributed by atoms with van der Waals surface area (Å²) >= 11 is 0. The van der Waals surface area contributed by atoms with Gasteiger partial charge in [0, 0.05) is 19.2 Å². The smallest absolute Gasteiger partial charge is 0.331 e. The summed E-state index contributed by atoms with van der Waals surface area (Å²) in [4.78, 5) is 24.1. The van der Waals surface area contributed by atoms with Crippen LogP contribution in [0.4, 0.5) is 0 Å². The highest BCUT2D eigenvalue weighted by atomic mass is 32.2. The van der Waals surface area contributed by atoms with E-state index in [0.29, 0.717) is 18.7 Å². The van der Waals surface area contributed by atoms with E-state index in [1.54, 1.807) is 19.1 Å². The summed E-state index contributed by atoms with van der Waals surface area (Å²) in [6, 6.07) is 8.32. The van der Waals surface area contributed by atoms with Crippen molar-refractivity contribution in [2.24, 2.45) is 5.92 Å². The fraction of sp³-hybridized carbons (Fsp3) is 0.522. The fourth-order valence-corrected chi connectivity index (χ4v) is 4.68. The number of hydrogen-bond donors (Lipinski definition) is 1. The van der Waals surface area contributed by atoms with Crippen molar-refractivity contribution >= 4 is 28.0 Å². The number of rotatable bonds is 8. The maximum atomic E-state index is 12.8. The van der Waals surface area contributed by atoms with Crippen molar-refractivity contribution in [3.8, 4) is 6.07 Å². The molecule has 1 N–H and O–H groups in total. The minimum absolute atomic E-state index is 0.113. The fourth-order valence-electron chi connectivity index (χ4n) is 3.16. The van der Waals surface area contributed by atoms with Crippen molar-refractivity contribution in [1.29, 1.82) is 5.26 Å². The lowest BCUT2D eigenvalue weighted by atomic mass is 9.90. The molecule has 1 atom stereocenters. The van der Waals surface area contributed by atoms with Gasteiger partial charge in [-0.15, -0.1) is 0 Å².